The second-order valence-electron chi connectivity index (χ2n) is 9.36. The van der Waals surface area contributed by atoms with Crippen molar-refractivity contribution in [2.24, 2.45) is 11.3 Å². The fourth-order valence-electron chi connectivity index (χ4n) is 5.44. The Balaban J connectivity index is 1.28. The first-order chi connectivity index (χ1) is 13.6. The Morgan fingerprint density at radius 2 is 1.96 bits per heavy atom. The number of amides is 2. The zero-order valence-corrected chi connectivity index (χ0v) is 17.3. The lowest BCUT2D eigenvalue weighted by molar-refractivity contribution is -0.156. The molecule has 1 unspecified atom stereocenters. The van der Waals surface area contributed by atoms with Gasteiger partial charge < -0.3 is 14.9 Å². The van der Waals surface area contributed by atoms with E-state index in [1.165, 1.54) is 36.8 Å². The third kappa shape index (κ3) is 3.28. The summed E-state index contributed by atoms with van der Waals surface area (Å²) in [5, 5.41) is 12.6. The van der Waals surface area contributed by atoms with E-state index in [4.69, 9.17) is 0 Å². The van der Waals surface area contributed by atoms with E-state index in [0.717, 1.165) is 24.3 Å². The fraction of sp³-hybridized carbons (Fsp3) is 0.727. The van der Waals surface area contributed by atoms with Crippen molar-refractivity contribution in [1.29, 1.82) is 0 Å². The number of aliphatic hydroxyl groups is 1. The van der Waals surface area contributed by atoms with Crippen molar-refractivity contribution in [2.45, 2.75) is 63.9 Å². The van der Waals surface area contributed by atoms with Crippen LogP contribution in [0.3, 0.4) is 0 Å². The lowest BCUT2D eigenvalue weighted by Crippen LogP contribution is -2.58. The molecule has 2 aliphatic heterocycles. The molecular formula is C22H30N2O3S. The lowest BCUT2D eigenvalue weighted by Gasteiger charge is -2.48. The first kappa shape index (κ1) is 18.6. The minimum absolute atomic E-state index is 0.154. The van der Waals surface area contributed by atoms with E-state index in [0.29, 0.717) is 44.8 Å². The molecule has 152 valence electrons. The molecule has 5 rings (SSSR count). The number of aryl methyl sites for hydroxylation is 1. The van der Waals surface area contributed by atoms with Gasteiger partial charge in [0.15, 0.2) is 0 Å². The van der Waals surface area contributed by atoms with Gasteiger partial charge in [-0.2, -0.15) is 0 Å². The molecule has 2 aliphatic carbocycles. The molecule has 1 spiro atoms. The molecule has 3 fully saturated rings. The van der Waals surface area contributed by atoms with E-state index in [2.05, 4.69) is 5.38 Å². The van der Waals surface area contributed by atoms with Gasteiger partial charge in [0.25, 0.3) is 5.91 Å². The minimum atomic E-state index is -0.460. The second kappa shape index (κ2) is 7.13. The number of nitrogens with zero attached hydrogens (tertiary/aromatic N) is 2. The van der Waals surface area contributed by atoms with E-state index in [-0.39, 0.29) is 11.8 Å². The SMILES string of the molecule is O=C(c1scc2c1CCCC2)N1CCC2(CC1)CC(O)CN(CC1CC1)C2=O. The summed E-state index contributed by atoms with van der Waals surface area (Å²) in [6.07, 6.45) is 8.45. The number of hydrogen-bond acceptors (Lipinski definition) is 4. The molecule has 4 aliphatic rings. The normalized spacial score (nSPS) is 27.2. The Kier molecular flexibility index (Phi) is 4.74. The third-order valence-corrected chi connectivity index (χ3v) is 8.34. The quantitative estimate of drug-likeness (QED) is 0.846. The molecule has 2 saturated heterocycles. The van der Waals surface area contributed by atoms with Crippen LogP contribution in [0.5, 0.6) is 0 Å². The van der Waals surface area contributed by atoms with Crippen LogP contribution in [-0.4, -0.2) is 59.0 Å². The van der Waals surface area contributed by atoms with Gasteiger partial charge in [-0.25, -0.2) is 0 Å². The van der Waals surface area contributed by atoms with Crippen LogP contribution in [0, 0.1) is 11.3 Å². The summed E-state index contributed by atoms with van der Waals surface area (Å²) >= 11 is 1.60. The Labute approximate surface area is 170 Å². The predicted octanol–water partition coefficient (Wildman–Crippen LogP) is 2.85. The highest BCUT2D eigenvalue weighted by Gasteiger charge is 2.49. The van der Waals surface area contributed by atoms with Gasteiger partial charge in [-0.1, -0.05) is 0 Å². The maximum atomic E-state index is 13.2. The molecule has 0 radical (unpaired) electrons. The topological polar surface area (TPSA) is 60.9 Å². The van der Waals surface area contributed by atoms with Gasteiger partial charge in [-0.05, 0) is 80.2 Å². The first-order valence-corrected chi connectivity index (χ1v) is 11.8. The number of likely N-dealkylation sites (tertiary alicyclic amines) is 2. The number of carbonyl (C=O) groups is 2. The number of aliphatic hydroxyl groups excluding tert-OH is 1. The predicted molar refractivity (Wildman–Crippen MR) is 108 cm³/mol. The van der Waals surface area contributed by atoms with Crippen molar-refractivity contribution >= 4 is 23.2 Å². The zero-order valence-electron chi connectivity index (χ0n) is 16.5. The van der Waals surface area contributed by atoms with E-state index in [1.807, 2.05) is 9.80 Å². The Morgan fingerprint density at radius 3 is 2.71 bits per heavy atom. The number of piperidine rings is 2. The number of thiophene rings is 1. The van der Waals surface area contributed by atoms with Crippen LogP contribution in [0.25, 0.3) is 0 Å². The van der Waals surface area contributed by atoms with Crippen molar-refractivity contribution in [3.8, 4) is 0 Å². The molecule has 1 aromatic rings. The summed E-state index contributed by atoms with van der Waals surface area (Å²) in [4.78, 5) is 31.2. The van der Waals surface area contributed by atoms with Crippen molar-refractivity contribution in [3.63, 3.8) is 0 Å². The van der Waals surface area contributed by atoms with Crippen molar-refractivity contribution < 1.29 is 14.7 Å². The van der Waals surface area contributed by atoms with Gasteiger partial charge in [0.1, 0.15) is 0 Å². The van der Waals surface area contributed by atoms with E-state index < -0.39 is 11.5 Å². The average Bonchev–Trinajstić information content (AvgIpc) is 3.41. The molecule has 1 saturated carbocycles. The lowest BCUT2D eigenvalue weighted by atomic mass is 9.70. The van der Waals surface area contributed by atoms with Crippen molar-refractivity contribution in [1.82, 2.24) is 9.80 Å². The number of fused-ring (bicyclic) bond motifs is 1. The third-order valence-electron chi connectivity index (χ3n) is 7.28. The molecule has 0 bridgehead atoms. The maximum Gasteiger partial charge on any atom is 0.264 e. The summed E-state index contributed by atoms with van der Waals surface area (Å²) in [7, 11) is 0. The standard InChI is InChI=1S/C22H30N2O3S/c25-17-11-22(21(27)24(13-17)12-15-5-6-15)7-9-23(10-8-22)20(26)19-18-4-2-1-3-16(18)14-28-19/h14-15,17,25H,1-13H2. The van der Waals surface area contributed by atoms with Gasteiger partial charge in [-0.3, -0.25) is 9.59 Å². The Hall–Kier alpha value is -1.40. The summed E-state index contributed by atoms with van der Waals surface area (Å²) < 4.78 is 0. The van der Waals surface area contributed by atoms with Crippen LogP contribution in [-0.2, 0) is 17.6 Å². The number of carbonyl (C=O) groups excluding carboxylic acids is 2. The number of hydrogen-bond donors (Lipinski definition) is 1. The average molecular weight is 403 g/mol. The smallest absolute Gasteiger partial charge is 0.264 e. The van der Waals surface area contributed by atoms with Crippen molar-refractivity contribution in [2.75, 3.05) is 26.2 Å². The van der Waals surface area contributed by atoms with Gasteiger partial charge in [0.05, 0.1) is 16.4 Å². The second-order valence-corrected chi connectivity index (χ2v) is 10.2. The van der Waals surface area contributed by atoms with Gasteiger partial charge in [-0.15, -0.1) is 11.3 Å². The van der Waals surface area contributed by atoms with E-state index >= 15 is 0 Å². The van der Waals surface area contributed by atoms with Gasteiger partial charge >= 0.3 is 0 Å². The molecule has 0 aromatic carbocycles. The molecular weight excluding hydrogens is 372 g/mol. The summed E-state index contributed by atoms with van der Waals surface area (Å²) in [5.74, 6) is 1.02. The molecule has 1 N–H and O–H groups in total. The number of β-amino-alcohol motifs (C(OH)–C–C–N with tert-alkyl or cyclic N) is 1. The Morgan fingerprint density at radius 1 is 1.21 bits per heavy atom. The maximum absolute atomic E-state index is 13.2. The highest BCUT2D eigenvalue weighted by molar-refractivity contribution is 7.12. The summed E-state index contributed by atoms with van der Waals surface area (Å²) in [6, 6.07) is 0. The van der Waals surface area contributed by atoms with E-state index in [1.54, 1.807) is 11.3 Å². The minimum Gasteiger partial charge on any atom is -0.391 e. The van der Waals surface area contributed by atoms with Crippen LogP contribution in [0.15, 0.2) is 5.38 Å². The fourth-order valence-corrected chi connectivity index (χ4v) is 6.57. The molecule has 1 aromatic heterocycles. The highest BCUT2D eigenvalue weighted by atomic mass is 32.1. The molecule has 5 nitrogen and oxygen atoms in total. The first-order valence-electron chi connectivity index (χ1n) is 10.9. The highest BCUT2D eigenvalue weighted by Crippen LogP contribution is 2.43. The Bertz CT molecular complexity index is 775. The molecule has 2 amide bonds. The number of rotatable bonds is 3. The summed E-state index contributed by atoms with van der Waals surface area (Å²) in [5.41, 5.74) is 2.19. The largest absolute Gasteiger partial charge is 0.391 e. The van der Waals surface area contributed by atoms with Gasteiger partial charge in [0, 0.05) is 26.2 Å². The van der Waals surface area contributed by atoms with Gasteiger partial charge in [0.2, 0.25) is 5.91 Å². The van der Waals surface area contributed by atoms with Crippen LogP contribution in [0.2, 0.25) is 0 Å². The molecule has 28 heavy (non-hydrogen) atoms. The molecule has 3 heterocycles. The molecule has 1 atom stereocenters. The van der Waals surface area contributed by atoms with Crippen LogP contribution < -0.4 is 0 Å². The van der Waals surface area contributed by atoms with Crippen LogP contribution in [0.4, 0.5) is 0 Å². The van der Waals surface area contributed by atoms with Crippen LogP contribution >= 0.6 is 11.3 Å². The zero-order chi connectivity index (χ0) is 19.3. The van der Waals surface area contributed by atoms with Crippen molar-refractivity contribution in [3.05, 3.63) is 21.4 Å². The summed E-state index contributed by atoms with van der Waals surface area (Å²) in [6.45, 7) is 2.55. The van der Waals surface area contributed by atoms with Crippen LogP contribution in [0.1, 0.15) is 65.7 Å². The molecule has 6 heteroatoms. The van der Waals surface area contributed by atoms with E-state index in [9.17, 15) is 14.7 Å². The monoisotopic (exact) mass is 402 g/mol.